The maximum atomic E-state index is 5.83. The second-order valence-electron chi connectivity index (χ2n) is 3.97. The van der Waals surface area contributed by atoms with Gasteiger partial charge in [-0.25, -0.2) is 4.98 Å². The van der Waals surface area contributed by atoms with Crippen molar-refractivity contribution in [1.29, 1.82) is 0 Å². The van der Waals surface area contributed by atoms with Gasteiger partial charge in [0.05, 0.1) is 5.69 Å². The molecular weight excluding hydrogens is 236 g/mol. The van der Waals surface area contributed by atoms with Crippen molar-refractivity contribution in [3.8, 4) is 0 Å². The fourth-order valence-electron chi connectivity index (χ4n) is 1.76. The van der Waals surface area contributed by atoms with Gasteiger partial charge in [-0.2, -0.15) is 5.10 Å². The van der Waals surface area contributed by atoms with Crippen LogP contribution in [0.3, 0.4) is 0 Å². The summed E-state index contributed by atoms with van der Waals surface area (Å²) in [5, 5.41) is 8.11. The average molecular weight is 251 g/mol. The summed E-state index contributed by atoms with van der Waals surface area (Å²) in [6, 6.07) is 5.53. The first kappa shape index (κ1) is 11.9. The summed E-state index contributed by atoms with van der Waals surface area (Å²) in [6.07, 6.45) is 0. The molecule has 2 aromatic rings. The van der Waals surface area contributed by atoms with Crippen molar-refractivity contribution in [2.75, 3.05) is 5.32 Å². The maximum Gasteiger partial charge on any atom is 0.131 e. The van der Waals surface area contributed by atoms with E-state index in [2.05, 4.69) is 22.3 Å². The Morgan fingerprint density at radius 2 is 2.12 bits per heavy atom. The van der Waals surface area contributed by atoms with Crippen LogP contribution >= 0.6 is 11.6 Å². The van der Waals surface area contributed by atoms with Crippen molar-refractivity contribution in [1.82, 2.24) is 14.8 Å². The van der Waals surface area contributed by atoms with E-state index in [1.165, 1.54) is 5.56 Å². The van der Waals surface area contributed by atoms with Gasteiger partial charge in [0.1, 0.15) is 11.0 Å². The average Bonchev–Trinajstić information content (AvgIpc) is 2.51. The third-order valence-corrected chi connectivity index (χ3v) is 3.03. The largest absolute Gasteiger partial charge is 0.366 e. The summed E-state index contributed by atoms with van der Waals surface area (Å²) >= 11 is 5.83. The van der Waals surface area contributed by atoms with Gasteiger partial charge in [0, 0.05) is 24.8 Å². The minimum Gasteiger partial charge on any atom is -0.366 e. The molecule has 5 heteroatoms. The molecule has 2 rings (SSSR count). The van der Waals surface area contributed by atoms with Crippen LogP contribution in [0, 0.1) is 13.8 Å². The number of halogens is 1. The minimum absolute atomic E-state index is 0.495. The van der Waals surface area contributed by atoms with E-state index in [-0.39, 0.29) is 0 Å². The lowest BCUT2D eigenvalue weighted by atomic mass is 10.2. The molecule has 0 radical (unpaired) electrons. The maximum absolute atomic E-state index is 5.83. The molecule has 90 valence electrons. The van der Waals surface area contributed by atoms with Crippen LogP contribution in [-0.2, 0) is 13.6 Å². The molecule has 0 aliphatic carbocycles. The molecular formula is C12H15ClN4. The Balaban J connectivity index is 2.12. The van der Waals surface area contributed by atoms with Gasteiger partial charge in [0.25, 0.3) is 0 Å². The molecule has 0 saturated carbocycles. The van der Waals surface area contributed by atoms with Gasteiger partial charge in [-0.15, -0.1) is 0 Å². The fraction of sp³-hybridized carbons (Fsp3) is 0.333. The number of nitrogens with one attached hydrogen (secondary N) is 1. The van der Waals surface area contributed by atoms with Gasteiger partial charge in [-0.3, -0.25) is 4.68 Å². The first-order valence-electron chi connectivity index (χ1n) is 5.43. The molecule has 0 aliphatic rings. The van der Waals surface area contributed by atoms with Gasteiger partial charge in [0.15, 0.2) is 0 Å². The van der Waals surface area contributed by atoms with Gasteiger partial charge in [-0.1, -0.05) is 17.7 Å². The molecule has 0 unspecified atom stereocenters. The molecule has 0 amide bonds. The first-order chi connectivity index (χ1) is 8.08. The Hall–Kier alpha value is -1.55. The van der Waals surface area contributed by atoms with Crippen LogP contribution in [0.4, 0.5) is 5.82 Å². The summed E-state index contributed by atoms with van der Waals surface area (Å²) in [4.78, 5) is 4.18. The zero-order valence-corrected chi connectivity index (χ0v) is 10.9. The summed E-state index contributed by atoms with van der Waals surface area (Å²) in [5.41, 5.74) is 3.41. The fourth-order valence-corrected chi connectivity index (χ4v) is 1.92. The highest BCUT2D eigenvalue weighted by molar-refractivity contribution is 6.29. The number of pyridine rings is 1. The number of hydrogen-bond donors (Lipinski definition) is 1. The summed E-state index contributed by atoms with van der Waals surface area (Å²) in [5.74, 6) is 0.778. The van der Waals surface area contributed by atoms with Crippen LogP contribution in [-0.4, -0.2) is 14.8 Å². The third-order valence-electron chi connectivity index (χ3n) is 2.82. The van der Waals surface area contributed by atoms with Crippen molar-refractivity contribution < 1.29 is 0 Å². The lowest BCUT2D eigenvalue weighted by Gasteiger charge is -2.06. The number of aromatic nitrogens is 3. The zero-order valence-electron chi connectivity index (χ0n) is 10.2. The number of anilines is 1. The molecule has 0 aromatic carbocycles. The third kappa shape index (κ3) is 2.58. The molecule has 0 saturated heterocycles. The Morgan fingerprint density at radius 3 is 2.71 bits per heavy atom. The van der Waals surface area contributed by atoms with Crippen LogP contribution in [0.2, 0.25) is 5.15 Å². The Morgan fingerprint density at radius 1 is 1.35 bits per heavy atom. The lowest BCUT2D eigenvalue weighted by molar-refractivity contribution is 0.730. The predicted octanol–water partition coefficient (Wildman–Crippen LogP) is 2.70. The normalized spacial score (nSPS) is 10.6. The molecule has 4 nitrogen and oxygen atoms in total. The Bertz CT molecular complexity index is 533. The standard InChI is InChI=1S/C12H15ClN4/c1-8-10(9(2)17(3)16-8)7-14-12-6-4-5-11(13)15-12/h4-6H,7H2,1-3H3,(H,14,15). The second-order valence-corrected chi connectivity index (χ2v) is 4.36. The second kappa shape index (κ2) is 4.75. The molecule has 1 N–H and O–H groups in total. The molecule has 0 fully saturated rings. The molecule has 0 spiro atoms. The molecule has 0 atom stereocenters. The van der Waals surface area contributed by atoms with E-state index in [1.54, 1.807) is 6.07 Å². The molecule has 17 heavy (non-hydrogen) atoms. The van der Waals surface area contributed by atoms with E-state index in [1.807, 2.05) is 30.8 Å². The number of hydrogen-bond acceptors (Lipinski definition) is 3. The molecule has 0 aliphatic heterocycles. The molecule has 2 aromatic heterocycles. The van der Waals surface area contributed by atoms with Crippen molar-refractivity contribution in [3.05, 3.63) is 40.3 Å². The van der Waals surface area contributed by atoms with Crippen LogP contribution in [0.25, 0.3) is 0 Å². The van der Waals surface area contributed by atoms with Crippen LogP contribution in [0.5, 0.6) is 0 Å². The lowest BCUT2D eigenvalue weighted by Crippen LogP contribution is -2.03. The van der Waals surface area contributed by atoms with Gasteiger partial charge in [0.2, 0.25) is 0 Å². The van der Waals surface area contributed by atoms with E-state index in [4.69, 9.17) is 11.6 Å². The quantitative estimate of drug-likeness (QED) is 0.852. The van der Waals surface area contributed by atoms with Gasteiger partial charge in [-0.05, 0) is 26.0 Å². The highest BCUT2D eigenvalue weighted by Gasteiger charge is 2.08. The smallest absolute Gasteiger partial charge is 0.131 e. The van der Waals surface area contributed by atoms with E-state index >= 15 is 0 Å². The topological polar surface area (TPSA) is 42.7 Å². The van der Waals surface area contributed by atoms with Crippen molar-refractivity contribution in [2.45, 2.75) is 20.4 Å². The van der Waals surface area contributed by atoms with Crippen LogP contribution in [0.15, 0.2) is 18.2 Å². The summed E-state index contributed by atoms with van der Waals surface area (Å²) < 4.78 is 1.89. The van der Waals surface area contributed by atoms with Gasteiger partial charge >= 0.3 is 0 Å². The molecule has 0 bridgehead atoms. The first-order valence-corrected chi connectivity index (χ1v) is 5.81. The minimum atomic E-state index is 0.495. The predicted molar refractivity (Wildman–Crippen MR) is 69.3 cm³/mol. The molecule has 2 heterocycles. The van der Waals surface area contributed by atoms with E-state index in [0.29, 0.717) is 11.7 Å². The zero-order chi connectivity index (χ0) is 12.4. The van der Waals surface area contributed by atoms with Crippen molar-refractivity contribution >= 4 is 17.4 Å². The number of rotatable bonds is 3. The monoisotopic (exact) mass is 250 g/mol. The summed E-state index contributed by atoms with van der Waals surface area (Å²) in [6.45, 7) is 4.77. The highest BCUT2D eigenvalue weighted by atomic mass is 35.5. The van der Waals surface area contributed by atoms with E-state index in [9.17, 15) is 0 Å². The Kier molecular flexibility index (Phi) is 3.33. The van der Waals surface area contributed by atoms with E-state index < -0.39 is 0 Å². The van der Waals surface area contributed by atoms with Crippen molar-refractivity contribution in [3.63, 3.8) is 0 Å². The number of aryl methyl sites for hydroxylation is 2. The highest BCUT2D eigenvalue weighted by Crippen LogP contribution is 2.15. The van der Waals surface area contributed by atoms with Crippen molar-refractivity contribution in [2.24, 2.45) is 7.05 Å². The van der Waals surface area contributed by atoms with Crippen LogP contribution < -0.4 is 5.32 Å². The summed E-state index contributed by atoms with van der Waals surface area (Å²) in [7, 11) is 1.95. The van der Waals surface area contributed by atoms with E-state index in [0.717, 1.165) is 17.2 Å². The van der Waals surface area contributed by atoms with Gasteiger partial charge < -0.3 is 5.32 Å². The number of nitrogens with zero attached hydrogens (tertiary/aromatic N) is 3. The Labute approximate surface area is 106 Å². The van der Waals surface area contributed by atoms with Crippen LogP contribution in [0.1, 0.15) is 17.0 Å². The SMILES string of the molecule is Cc1nn(C)c(C)c1CNc1cccc(Cl)n1.